The average molecular weight is 272 g/mol. The molecular formula is C13H24N2O4. The van der Waals surface area contributed by atoms with E-state index < -0.39 is 11.4 Å². The average Bonchev–Trinajstić information content (AvgIpc) is 2.38. The van der Waals surface area contributed by atoms with Crippen LogP contribution in [0.2, 0.25) is 0 Å². The van der Waals surface area contributed by atoms with Crippen molar-refractivity contribution in [3.8, 4) is 0 Å². The summed E-state index contributed by atoms with van der Waals surface area (Å²) in [5.41, 5.74) is -0.822. The molecule has 0 aromatic carbocycles. The van der Waals surface area contributed by atoms with Crippen LogP contribution in [0.4, 0.5) is 4.79 Å². The van der Waals surface area contributed by atoms with Crippen LogP contribution in [-0.4, -0.2) is 53.4 Å². The summed E-state index contributed by atoms with van der Waals surface area (Å²) in [4.78, 5) is 24.5. The molecular weight excluding hydrogens is 248 g/mol. The van der Waals surface area contributed by atoms with E-state index in [0.29, 0.717) is 32.0 Å². The van der Waals surface area contributed by atoms with E-state index in [1.54, 1.807) is 18.7 Å². The molecule has 0 saturated carbocycles. The Kier molecular flexibility index (Phi) is 5.60. The lowest BCUT2D eigenvalue weighted by Crippen LogP contribution is -2.45. The van der Waals surface area contributed by atoms with Crippen molar-refractivity contribution in [1.82, 2.24) is 10.2 Å². The number of rotatable bonds is 5. The molecule has 0 spiro atoms. The third-order valence-corrected chi connectivity index (χ3v) is 3.77. The fourth-order valence-corrected chi connectivity index (χ4v) is 2.02. The zero-order valence-corrected chi connectivity index (χ0v) is 11.7. The van der Waals surface area contributed by atoms with Gasteiger partial charge in [-0.1, -0.05) is 0 Å². The first-order valence-corrected chi connectivity index (χ1v) is 6.74. The Labute approximate surface area is 113 Å². The zero-order chi connectivity index (χ0) is 14.5. The number of carboxylic acids is 1. The number of aliphatic carboxylic acids is 1. The van der Waals surface area contributed by atoms with Gasteiger partial charge >= 0.3 is 12.0 Å². The number of nitrogens with one attached hydrogen (secondary N) is 1. The number of hydrogen-bond donors (Lipinski definition) is 3. The number of piperidine rings is 1. The maximum absolute atomic E-state index is 11.9. The van der Waals surface area contributed by atoms with Crippen LogP contribution in [0.5, 0.6) is 0 Å². The van der Waals surface area contributed by atoms with Crippen molar-refractivity contribution in [3.63, 3.8) is 0 Å². The minimum Gasteiger partial charge on any atom is -0.481 e. The Hall–Kier alpha value is -1.30. The molecule has 6 nitrogen and oxygen atoms in total. The molecule has 0 aromatic rings. The number of amides is 2. The number of hydrogen-bond acceptors (Lipinski definition) is 3. The number of urea groups is 1. The Morgan fingerprint density at radius 1 is 1.32 bits per heavy atom. The predicted molar refractivity (Wildman–Crippen MR) is 70.8 cm³/mol. The van der Waals surface area contributed by atoms with Gasteiger partial charge in [-0.3, -0.25) is 4.79 Å². The quantitative estimate of drug-likeness (QED) is 0.693. The largest absolute Gasteiger partial charge is 0.481 e. The van der Waals surface area contributed by atoms with Crippen molar-refractivity contribution in [2.45, 2.75) is 33.1 Å². The summed E-state index contributed by atoms with van der Waals surface area (Å²) in [7, 11) is 0. The standard InChI is InChI=1S/C13H24N2O4/c1-13(2,11(17)18)5-6-14-12(19)15-7-3-10(9-16)4-8-15/h10,16H,3-9H2,1-2H3,(H,14,19)(H,17,18). The molecule has 1 aliphatic heterocycles. The third kappa shape index (κ3) is 4.70. The van der Waals surface area contributed by atoms with Crippen LogP contribution in [0.3, 0.4) is 0 Å². The predicted octanol–water partition coefficient (Wildman–Crippen LogP) is 0.901. The number of likely N-dealkylation sites (tertiary alicyclic amines) is 1. The number of aliphatic hydroxyl groups is 1. The van der Waals surface area contributed by atoms with E-state index in [-0.39, 0.29) is 12.6 Å². The van der Waals surface area contributed by atoms with Crippen LogP contribution in [0.25, 0.3) is 0 Å². The lowest BCUT2D eigenvalue weighted by molar-refractivity contribution is -0.147. The van der Waals surface area contributed by atoms with Gasteiger partial charge in [0, 0.05) is 26.2 Å². The molecule has 1 aliphatic rings. The van der Waals surface area contributed by atoms with Gasteiger partial charge in [0.2, 0.25) is 0 Å². The second-order valence-corrected chi connectivity index (χ2v) is 5.78. The highest BCUT2D eigenvalue weighted by Crippen LogP contribution is 2.20. The van der Waals surface area contributed by atoms with Crippen molar-refractivity contribution in [2.75, 3.05) is 26.2 Å². The van der Waals surface area contributed by atoms with E-state index in [0.717, 1.165) is 12.8 Å². The van der Waals surface area contributed by atoms with Gasteiger partial charge in [0.15, 0.2) is 0 Å². The second kappa shape index (κ2) is 6.75. The molecule has 0 bridgehead atoms. The van der Waals surface area contributed by atoms with E-state index in [1.807, 2.05) is 0 Å². The minimum atomic E-state index is -0.856. The summed E-state index contributed by atoms with van der Waals surface area (Å²) in [6, 6.07) is -0.141. The van der Waals surface area contributed by atoms with Crippen molar-refractivity contribution < 1.29 is 19.8 Å². The lowest BCUT2D eigenvalue weighted by atomic mass is 9.90. The van der Waals surface area contributed by atoms with Crippen LogP contribution < -0.4 is 5.32 Å². The van der Waals surface area contributed by atoms with Crippen LogP contribution in [-0.2, 0) is 4.79 Å². The van der Waals surface area contributed by atoms with E-state index >= 15 is 0 Å². The molecule has 3 N–H and O–H groups in total. The molecule has 19 heavy (non-hydrogen) atoms. The first-order chi connectivity index (χ1) is 8.86. The summed E-state index contributed by atoms with van der Waals surface area (Å²) < 4.78 is 0. The summed E-state index contributed by atoms with van der Waals surface area (Å²) in [5.74, 6) is -0.555. The summed E-state index contributed by atoms with van der Waals surface area (Å²) in [6.07, 6.45) is 2.05. The Morgan fingerprint density at radius 2 is 1.89 bits per heavy atom. The SMILES string of the molecule is CC(C)(CCNC(=O)N1CCC(CO)CC1)C(=O)O. The van der Waals surface area contributed by atoms with Crippen molar-refractivity contribution in [2.24, 2.45) is 11.3 Å². The minimum absolute atomic E-state index is 0.141. The van der Waals surface area contributed by atoms with Gasteiger partial charge in [0.05, 0.1) is 5.41 Å². The number of nitrogens with zero attached hydrogens (tertiary/aromatic N) is 1. The summed E-state index contributed by atoms with van der Waals surface area (Å²) in [5, 5.41) is 20.7. The molecule has 110 valence electrons. The van der Waals surface area contributed by atoms with Gasteiger partial charge in [0.1, 0.15) is 0 Å². The number of carboxylic acid groups (broad SMARTS) is 1. The highest BCUT2D eigenvalue weighted by Gasteiger charge is 2.27. The first-order valence-electron chi connectivity index (χ1n) is 6.74. The molecule has 0 radical (unpaired) electrons. The molecule has 0 aliphatic carbocycles. The van der Waals surface area contributed by atoms with Gasteiger partial charge in [-0.25, -0.2) is 4.79 Å². The van der Waals surface area contributed by atoms with E-state index in [1.165, 1.54) is 0 Å². The molecule has 0 atom stereocenters. The molecule has 1 fully saturated rings. The van der Waals surface area contributed by atoms with Gasteiger partial charge in [0.25, 0.3) is 0 Å². The van der Waals surface area contributed by atoms with Crippen LogP contribution in [0.1, 0.15) is 33.1 Å². The van der Waals surface area contributed by atoms with Gasteiger partial charge < -0.3 is 20.4 Å². The van der Waals surface area contributed by atoms with Crippen molar-refractivity contribution in [1.29, 1.82) is 0 Å². The number of carbonyl (C=O) groups excluding carboxylic acids is 1. The maximum Gasteiger partial charge on any atom is 0.317 e. The monoisotopic (exact) mass is 272 g/mol. The van der Waals surface area contributed by atoms with Crippen LogP contribution >= 0.6 is 0 Å². The number of aliphatic hydroxyl groups excluding tert-OH is 1. The van der Waals surface area contributed by atoms with Gasteiger partial charge in [-0.05, 0) is 39.0 Å². The normalized spacial score (nSPS) is 17.3. The lowest BCUT2D eigenvalue weighted by Gasteiger charge is -2.31. The molecule has 1 rings (SSSR count). The topological polar surface area (TPSA) is 89.9 Å². The highest BCUT2D eigenvalue weighted by atomic mass is 16.4. The molecule has 1 saturated heterocycles. The molecule has 0 aromatic heterocycles. The van der Waals surface area contributed by atoms with Crippen LogP contribution in [0, 0.1) is 11.3 Å². The molecule has 0 unspecified atom stereocenters. The second-order valence-electron chi connectivity index (χ2n) is 5.78. The molecule has 2 amide bonds. The van der Waals surface area contributed by atoms with Crippen molar-refractivity contribution in [3.05, 3.63) is 0 Å². The van der Waals surface area contributed by atoms with Gasteiger partial charge in [-0.15, -0.1) is 0 Å². The Morgan fingerprint density at radius 3 is 2.37 bits per heavy atom. The van der Waals surface area contributed by atoms with Gasteiger partial charge in [-0.2, -0.15) is 0 Å². The zero-order valence-electron chi connectivity index (χ0n) is 11.7. The first kappa shape index (κ1) is 15.8. The Bertz CT molecular complexity index is 323. The summed E-state index contributed by atoms with van der Waals surface area (Å²) in [6.45, 7) is 5.14. The summed E-state index contributed by atoms with van der Waals surface area (Å²) >= 11 is 0. The van der Waals surface area contributed by atoms with E-state index in [2.05, 4.69) is 5.32 Å². The number of carbonyl (C=O) groups is 2. The van der Waals surface area contributed by atoms with Crippen LogP contribution in [0.15, 0.2) is 0 Å². The maximum atomic E-state index is 11.9. The fourth-order valence-electron chi connectivity index (χ4n) is 2.02. The highest BCUT2D eigenvalue weighted by molar-refractivity contribution is 5.75. The van der Waals surface area contributed by atoms with E-state index in [9.17, 15) is 9.59 Å². The third-order valence-electron chi connectivity index (χ3n) is 3.77. The fraction of sp³-hybridized carbons (Fsp3) is 0.846. The smallest absolute Gasteiger partial charge is 0.317 e. The molecule has 6 heteroatoms. The van der Waals surface area contributed by atoms with E-state index in [4.69, 9.17) is 10.2 Å². The Balaban J connectivity index is 2.27. The van der Waals surface area contributed by atoms with Crippen molar-refractivity contribution >= 4 is 12.0 Å². The molecule has 1 heterocycles.